The first-order chi connectivity index (χ1) is 9.70. The van der Waals surface area contributed by atoms with Gasteiger partial charge in [0.15, 0.2) is 11.6 Å². The number of rotatable bonds is 2. The van der Waals surface area contributed by atoms with Crippen LogP contribution in [-0.2, 0) is 11.8 Å². The van der Waals surface area contributed by atoms with Crippen LogP contribution in [0, 0.1) is 16.7 Å². The Bertz CT molecular complexity index is 686. The van der Waals surface area contributed by atoms with E-state index in [1.165, 1.54) is 17.0 Å². The maximum atomic E-state index is 12.7. The molecule has 2 bridgehead atoms. The minimum atomic E-state index is -0.345. The van der Waals surface area contributed by atoms with Crippen molar-refractivity contribution in [3.63, 3.8) is 0 Å². The highest BCUT2D eigenvalue weighted by atomic mass is 35.5. The molecule has 21 heavy (non-hydrogen) atoms. The van der Waals surface area contributed by atoms with Crippen LogP contribution < -0.4 is 0 Å². The lowest BCUT2D eigenvalue weighted by Crippen LogP contribution is -2.32. The number of carbonyl (C=O) groups is 2. The second kappa shape index (κ2) is 4.29. The highest BCUT2D eigenvalue weighted by molar-refractivity contribution is 6.33. The summed E-state index contributed by atoms with van der Waals surface area (Å²) in [7, 11) is 1.68. The number of hydrogen-bond donors (Lipinski definition) is 0. The first-order valence-corrected chi connectivity index (χ1v) is 7.56. The normalized spacial score (nSPS) is 32.1. The summed E-state index contributed by atoms with van der Waals surface area (Å²) in [5.41, 5.74) is 0.584. The third-order valence-electron chi connectivity index (χ3n) is 5.78. The van der Waals surface area contributed by atoms with Crippen LogP contribution in [0.2, 0.25) is 5.15 Å². The van der Waals surface area contributed by atoms with Gasteiger partial charge in [-0.2, -0.15) is 5.10 Å². The van der Waals surface area contributed by atoms with E-state index in [0.29, 0.717) is 16.3 Å². The predicted molar refractivity (Wildman–Crippen MR) is 80.3 cm³/mol. The van der Waals surface area contributed by atoms with Gasteiger partial charge in [0, 0.05) is 18.0 Å². The molecule has 0 aromatic carbocycles. The minimum absolute atomic E-state index is 0.0884. The minimum Gasteiger partial charge on any atom is -0.294 e. The van der Waals surface area contributed by atoms with Crippen molar-refractivity contribution in [1.29, 1.82) is 0 Å². The lowest BCUT2D eigenvalue weighted by Gasteiger charge is -2.31. The Balaban J connectivity index is 2.01. The van der Waals surface area contributed by atoms with E-state index in [0.717, 1.165) is 12.8 Å². The van der Waals surface area contributed by atoms with Gasteiger partial charge in [-0.25, -0.2) is 0 Å². The van der Waals surface area contributed by atoms with Gasteiger partial charge in [0.1, 0.15) is 5.15 Å². The molecule has 3 rings (SSSR count). The van der Waals surface area contributed by atoms with Gasteiger partial charge in [-0.05, 0) is 30.3 Å². The molecule has 0 saturated heterocycles. The van der Waals surface area contributed by atoms with E-state index in [1.54, 1.807) is 7.05 Å². The molecule has 1 aromatic heterocycles. The molecule has 4 nitrogen and oxygen atoms in total. The third kappa shape index (κ3) is 1.71. The van der Waals surface area contributed by atoms with E-state index < -0.39 is 0 Å². The number of fused-ring (bicyclic) bond motifs is 2. The number of aryl methyl sites for hydroxylation is 1. The van der Waals surface area contributed by atoms with Crippen molar-refractivity contribution < 1.29 is 9.59 Å². The molecule has 0 aliphatic heterocycles. The van der Waals surface area contributed by atoms with Crippen molar-refractivity contribution in [1.82, 2.24) is 9.78 Å². The Morgan fingerprint density at radius 1 is 1.48 bits per heavy atom. The average Bonchev–Trinajstić information content (AvgIpc) is 2.90. The molecule has 2 fully saturated rings. The average molecular weight is 307 g/mol. The number of carbonyl (C=O) groups excluding carboxylic acids is 2. The summed E-state index contributed by atoms with van der Waals surface area (Å²) in [4.78, 5) is 25.1. The van der Waals surface area contributed by atoms with Gasteiger partial charge >= 0.3 is 0 Å². The van der Waals surface area contributed by atoms with Crippen LogP contribution in [0.3, 0.4) is 0 Å². The van der Waals surface area contributed by atoms with Crippen molar-refractivity contribution in [2.24, 2.45) is 23.8 Å². The summed E-state index contributed by atoms with van der Waals surface area (Å²) in [6.07, 6.45) is 4.81. The monoisotopic (exact) mass is 306 g/mol. The molecule has 2 atom stereocenters. The Morgan fingerprint density at radius 3 is 2.62 bits per heavy atom. The van der Waals surface area contributed by atoms with Gasteiger partial charge in [0.2, 0.25) is 0 Å². The molecular formula is C16H19ClN2O2. The van der Waals surface area contributed by atoms with Crippen LogP contribution in [0.5, 0.6) is 0 Å². The largest absolute Gasteiger partial charge is 0.294 e. The number of aromatic nitrogens is 2. The van der Waals surface area contributed by atoms with Gasteiger partial charge in [-0.15, -0.1) is 0 Å². The number of ketones is 2. The fourth-order valence-electron chi connectivity index (χ4n) is 3.90. The second-order valence-corrected chi connectivity index (χ2v) is 7.27. The lowest BCUT2D eigenvalue weighted by molar-refractivity contribution is -0.125. The van der Waals surface area contributed by atoms with E-state index in [-0.39, 0.29) is 28.3 Å². The number of allylic oxidation sites excluding steroid dienone is 2. The third-order valence-corrected chi connectivity index (χ3v) is 6.23. The molecule has 2 aliphatic rings. The van der Waals surface area contributed by atoms with Crippen molar-refractivity contribution in [3.8, 4) is 0 Å². The summed E-state index contributed by atoms with van der Waals surface area (Å²) >= 11 is 6.05. The molecule has 1 aromatic rings. The molecule has 2 saturated carbocycles. The number of hydrogen-bond acceptors (Lipinski definition) is 3. The zero-order valence-corrected chi connectivity index (χ0v) is 13.5. The fraction of sp³-hybridized carbons (Fsp3) is 0.562. The zero-order valence-electron chi connectivity index (χ0n) is 12.7. The summed E-state index contributed by atoms with van der Waals surface area (Å²) < 4.78 is 1.45. The zero-order chi connectivity index (χ0) is 15.6. The van der Waals surface area contributed by atoms with E-state index in [4.69, 9.17) is 11.6 Å². The highest BCUT2D eigenvalue weighted by Crippen LogP contribution is 2.65. The molecule has 112 valence electrons. The van der Waals surface area contributed by atoms with Gasteiger partial charge in [-0.1, -0.05) is 32.4 Å². The van der Waals surface area contributed by atoms with E-state index >= 15 is 0 Å². The summed E-state index contributed by atoms with van der Waals surface area (Å²) in [6.45, 7) is 6.29. The number of halogens is 1. The van der Waals surface area contributed by atoms with E-state index in [2.05, 4.69) is 18.9 Å². The Hall–Kier alpha value is -1.42. The van der Waals surface area contributed by atoms with Gasteiger partial charge in [0.05, 0.1) is 11.8 Å². The molecular weight excluding hydrogens is 288 g/mol. The predicted octanol–water partition coefficient (Wildman–Crippen LogP) is 3.21. The quantitative estimate of drug-likeness (QED) is 0.623. The molecule has 0 N–H and O–H groups in total. The Kier molecular flexibility index (Phi) is 2.97. The molecule has 0 amide bonds. The summed E-state index contributed by atoms with van der Waals surface area (Å²) in [5.74, 6) is 0.0508. The van der Waals surface area contributed by atoms with Crippen LogP contribution in [0.4, 0.5) is 0 Å². The van der Waals surface area contributed by atoms with Crippen LogP contribution >= 0.6 is 11.6 Å². The van der Waals surface area contributed by atoms with E-state index in [1.807, 2.05) is 6.92 Å². The van der Waals surface area contributed by atoms with Crippen LogP contribution in [-0.4, -0.2) is 21.3 Å². The second-order valence-electron chi connectivity index (χ2n) is 6.91. The number of Topliss-reactive ketones (excluding diaryl/α,β-unsaturated/α-hetero) is 1. The summed E-state index contributed by atoms with van der Waals surface area (Å²) in [5, 5.41) is 4.27. The van der Waals surface area contributed by atoms with Crippen LogP contribution in [0.1, 0.15) is 44.0 Å². The van der Waals surface area contributed by atoms with Crippen molar-refractivity contribution >= 4 is 23.2 Å². The smallest absolute Gasteiger partial charge is 0.190 e. The van der Waals surface area contributed by atoms with Gasteiger partial charge < -0.3 is 0 Å². The topological polar surface area (TPSA) is 52.0 Å². The standard InChI is InChI=1S/C16H19ClN2O2/c1-15(2)11-5-6-16(15,3)13(21)9(11)7-12(20)10-8-18-19(4)14(10)17/h7-8,11H,5-6H2,1-4H3/b9-7+/t11-,16+/m0/s1. The van der Waals surface area contributed by atoms with Gasteiger partial charge in [0.25, 0.3) is 0 Å². The maximum Gasteiger partial charge on any atom is 0.190 e. The van der Waals surface area contributed by atoms with Crippen molar-refractivity contribution in [2.45, 2.75) is 33.6 Å². The van der Waals surface area contributed by atoms with Crippen molar-refractivity contribution in [3.05, 3.63) is 28.6 Å². The molecule has 5 heteroatoms. The molecule has 1 heterocycles. The molecule has 0 unspecified atom stereocenters. The van der Waals surface area contributed by atoms with Crippen LogP contribution in [0.25, 0.3) is 0 Å². The van der Waals surface area contributed by atoms with Gasteiger partial charge in [-0.3, -0.25) is 14.3 Å². The Morgan fingerprint density at radius 2 is 2.14 bits per heavy atom. The molecule has 0 spiro atoms. The maximum absolute atomic E-state index is 12.7. The lowest BCUT2D eigenvalue weighted by atomic mass is 9.70. The highest BCUT2D eigenvalue weighted by Gasteiger charge is 2.64. The van der Waals surface area contributed by atoms with E-state index in [9.17, 15) is 9.59 Å². The van der Waals surface area contributed by atoms with Crippen LogP contribution in [0.15, 0.2) is 17.8 Å². The Labute approximate surface area is 129 Å². The first kappa shape index (κ1) is 14.5. The molecule has 2 aliphatic carbocycles. The summed E-state index contributed by atoms with van der Waals surface area (Å²) in [6, 6.07) is 0. The first-order valence-electron chi connectivity index (χ1n) is 7.18. The van der Waals surface area contributed by atoms with Crippen molar-refractivity contribution in [2.75, 3.05) is 0 Å². The number of nitrogens with zero attached hydrogens (tertiary/aromatic N) is 2. The SMILES string of the molecule is Cn1ncc(C(=O)/C=C2/C(=O)[C@@]3(C)CC[C@@H]2C3(C)C)c1Cl. The fourth-order valence-corrected chi connectivity index (χ4v) is 4.09. The molecule has 0 radical (unpaired) electrons.